The van der Waals surface area contributed by atoms with Crippen molar-refractivity contribution >= 4 is 6.03 Å². The van der Waals surface area contributed by atoms with Crippen molar-refractivity contribution in [2.75, 3.05) is 14.2 Å². The number of benzene rings is 1. The monoisotopic (exact) mass is 299 g/mol. The van der Waals surface area contributed by atoms with E-state index in [1.165, 1.54) is 0 Å². The van der Waals surface area contributed by atoms with Gasteiger partial charge in [-0.15, -0.1) is 0 Å². The van der Waals surface area contributed by atoms with Crippen molar-refractivity contribution in [2.45, 2.75) is 19.5 Å². The Balaban J connectivity index is 1.91. The van der Waals surface area contributed by atoms with Crippen LogP contribution in [0, 0.1) is 0 Å². The molecule has 5 heteroatoms. The number of amides is 2. The molecule has 1 N–H and O–H groups in total. The summed E-state index contributed by atoms with van der Waals surface area (Å²) in [4.78, 5) is 17.9. The fourth-order valence-electron chi connectivity index (χ4n) is 2.11. The highest BCUT2D eigenvalue weighted by molar-refractivity contribution is 5.74. The molecule has 1 atom stereocenters. The van der Waals surface area contributed by atoms with E-state index in [2.05, 4.69) is 10.3 Å². The Kier molecular flexibility index (Phi) is 5.36. The van der Waals surface area contributed by atoms with E-state index in [9.17, 15) is 4.79 Å². The molecule has 1 unspecified atom stereocenters. The summed E-state index contributed by atoms with van der Waals surface area (Å²) in [5.74, 6) is 0.808. The Morgan fingerprint density at radius 3 is 2.45 bits per heavy atom. The summed E-state index contributed by atoms with van der Waals surface area (Å²) in [6.07, 6.45) is 3.44. The van der Waals surface area contributed by atoms with Crippen LogP contribution < -0.4 is 10.1 Å². The summed E-state index contributed by atoms with van der Waals surface area (Å²) >= 11 is 0. The summed E-state index contributed by atoms with van der Waals surface area (Å²) < 4.78 is 5.13. The Morgan fingerprint density at radius 2 is 1.86 bits per heavy atom. The van der Waals surface area contributed by atoms with E-state index < -0.39 is 0 Å². The van der Waals surface area contributed by atoms with Gasteiger partial charge in [0.2, 0.25) is 0 Å². The van der Waals surface area contributed by atoms with Crippen LogP contribution in [0.3, 0.4) is 0 Å². The van der Waals surface area contributed by atoms with Gasteiger partial charge in [0.25, 0.3) is 0 Å². The van der Waals surface area contributed by atoms with E-state index in [1.807, 2.05) is 43.3 Å². The molecule has 1 aromatic carbocycles. The third-order valence-corrected chi connectivity index (χ3v) is 3.47. The van der Waals surface area contributed by atoms with Crippen LogP contribution in [0.2, 0.25) is 0 Å². The number of urea groups is 1. The zero-order chi connectivity index (χ0) is 15.9. The maximum Gasteiger partial charge on any atom is 0.317 e. The van der Waals surface area contributed by atoms with E-state index >= 15 is 0 Å². The van der Waals surface area contributed by atoms with Gasteiger partial charge in [0, 0.05) is 26.0 Å². The zero-order valence-electron chi connectivity index (χ0n) is 13.1. The first-order valence-corrected chi connectivity index (χ1v) is 7.14. The molecule has 0 aliphatic rings. The van der Waals surface area contributed by atoms with E-state index in [0.29, 0.717) is 6.54 Å². The predicted molar refractivity (Wildman–Crippen MR) is 85.6 cm³/mol. The molecule has 2 rings (SSSR count). The van der Waals surface area contributed by atoms with Gasteiger partial charge in [-0.05, 0) is 42.3 Å². The molecule has 2 aromatic rings. The highest BCUT2D eigenvalue weighted by atomic mass is 16.5. The van der Waals surface area contributed by atoms with Crippen molar-refractivity contribution in [1.82, 2.24) is 15.2 Å². The van der Waals surface area contributed by atoms with Crippen LogP contribution in [0.4, 0.5) is 4.79 Å². The molecule has 1 aromatic heterocycles. The summed E-state index contributed by atoms with van der Waals surface area (Å²) in [6.45, 7) is 2.49. The summed E-state index contributed by atoms with van der Waals surface area (Å²) in [6, 6.07) is 11.3. The molecular weight excluding hydrogens is 278 g/mol. The second kappa shape index (κ2) is 7.45. The highest BCUT2D eigenvalue weighted by Gasteiger charge is 2.13. The van der Waals surface area contributed by atoms with Crippen LogP contribution >= 0.6 is 0 Å². The quantitative estimate of drug-likeness (QED) is 0.923. The first-order chi connectivity index (χ1) is 10.6. The zero-order valence-corrected chi connectivity index (χ0v) is 13.1. The fraction of sp³-hybridized carbons (Fsp3) is 0.294. The standard InChI is InChI=1S/C17H21N3O2/c1-13(15-8-10-18-11-9-15)19-17(21)20(2)12-14-4-6-16(22-3)7-5-14/h4-11,13H,12H2,1-3H3,(H,19,21). The largest absolute Gasteiger partial charge is 0.497 e. The minimum Gasteiger partial charge on any atom is -0.497 e. The van der Waals surface area contributed by atoms with Crippen LogP contribution in [0.15, 0.2) is 48.8 Å². The van der Waals surface area contributed by atoms with Gasteiger partial charge < -0.3 is 15.0 Å². The van der Waals surface area contributed by atoms with Crippen molar-refractivity contribution in [2.24, 2.45) is 0 Å². The first-order valence-electron chi connectivity index (χ1n) is 7.14. The number of carbonyl (C=O) groups is 1. The lowest BCUT2D eigenvalue weighted by Gasteiger charge is -2.21. The molecule has 0 aliphatic carbocycles. The van der Waals surface area contributed by atoms with Gasteiger partial charge in [-0.3, -0.25) is 4.98 Å². The summed E-state index contributed by atoms with van der Waals surface area (Å²) in [7, 11) is 3.41. The van der Waals surface area contributed by atoms with Crippen LogP contribution in [-0.2, 0) is 6.54 Å². The van der Waals surface area contributed by atoms with Crippen molar-refractivity contribution in [3.05, 3.63) is 59.9 Å². The molecule has 1 heterocycles. The minimum absolute atomic E-state index is 0.0613. The van der Waals surface area contributed by atoms with Crippen LogP contribution in [0.25, 0.3) is 0 Å². The molecule has 0 saturated carbocycles. The van der Waals surface area contributed by atoms with Crippen LogP contribution in [-0.4, -0.2) is 30.1 Å². The van der Waals surface area contributed by atoms with E-state index in [4.69, 9.17) is 4.74 Å². The second-order valence-corrected chi connectivity index (χ2v) is 5.16. The van der Waals surface area contributed by atoms with E-state index in [1.54, 1.807) is 31.5 Å². The summed E-state index contributed by atoms with van der Waals surface area (Å²) in [5, 5.41) is 2.97. The maximum absolute atomic E-state index is 12.2. The average Bonchev–Trinajstić information content (AvgIpc) is 2.56. The number of hydrogen-bond acceptors (Lipinski definition) is 3. The molecule has 2 amide bonds. The second-order valence-electron chi connectivity index (χ2n) is 5.16. The number of aromatic nitrogens is 1. The molecule has 0 bridgehead atoms. The van der Waals surface area contributed by atoms with E-state index in [-0.39, 0.29) is 12.1 Å². The number of hydrogen-bond donors (Lipinski definition) is 1. The van der Waals surface area contributed by atoms with Gasteiger partial charge in [0.1, 0.15) is 5.75 Å². The van der Waals surface area contributed by atoms with Crippen molar-refractivity contribution in [1.29, 1.82) is 0 Å². The molecule has 0 radical (unpaired) electrons. The predicted octanol–water partition coefficient (Wildman–Crippen LogP) is 2.99. The Labute approximate surface area is 130 Å². The Bertz CT molecular complexity index is 599. The number of pyridine rings is 1. The minimum atomic E-state index is -0.111. The number of nitrogens with zero attached hydrogens (tertiary/aromatic N) is 2. The van der Waals surface area contributed by atoms with Gasteiger partial charge in [-0.1, -0.05) is 12.1 Å². The third kappa shape index (κ3) is 4.22. The van der Waals surface area contributed by atoms with Gasteiger partial charge in [-0.25, -0.2) is 4.79 Å². The molecule has 0 fully saturated rings. The first kappa shape index (κ1) is 15.8. The Hall–Kier alpha value is -2.56. The van der Waals surface area contributed by atoms with Crippen molar-refractivity contribution < 1.29 is 9.53 Å². The number of methoxy groups -OCH3 is 1. The molecule has 116 valence electrons. The number of nitrogens with one attached hydrogen (secondary N) is 1. The lowest BCUT2D eigenvalue weighted by molar-refractivity contribution is 0.203. The van der Waals surface area contributed by atoms with Crippen LogP contribution in [0.5, 0.6) is 5.75 Å². The lowest BCUT2D eigenvalue weighted by Crippen LogP contribution is -2.38. The molecule has 0 spiro atoms. The summed E-state index contributed by atoms with van der Waals surface area (Å²) in [5.41, 5.74) is 2.08. The molecule has 5 nitrogen and oxygen atoms in total. The smallest absolute Gasteiger partial charge is 0.317 e. The maximum atomic E-state index is 12.2. The fourth-order valence-corrected chi connectivity index (χ4v) is 2.11. The SMILES string of the molecule is COc1ccc(CN(C)C(=O)NC(C)c2ccncc2)cc1. The van der Waals surface area contributed by atoms with Gasteiger partial charge in [0.05, 0.1) is 13.2 Å². The van der Waals surface area contributed by atoms with Gasteiger partial charge >= 0.3 is 6.03 Å². The third-order valence-electron chi connectivity index (χ3n) is 3.47. The lowest BCUT2D eigenvalue weighted by atomic mass is 10.1. The number of rotatable bonds is 5. The Morgan fingerprint density at radius 1 is 1.23 bits per heavy atom. The topological polar surface area (TPSA) is 54.5 Å². The normalized spacial score (nSPS) is 11.6. The van der Waals surface area contributed by atoms with Crippen molar-refractivity contribution in [3.8, 4) is 5.75 Å². The number of carbonyl (C=O) groups excluding carboxylic acids is 1. The van der Waals surface area contributed by atoms with Gasteiger partial charge in [-0.2, -0.15) is 0 Å². The number of ether oxygens (including phenoxy) is 1. The highest BCUT2D eigenvalue weighted by Crippen LogP contribution is 2.14. The van der Waals surface area contributed by atoms with Crippen LogP contribution in [0.1, 0.15) is 24.1 Å². The molecule has 0 aliphatic heterocycles. The molecule has 22 heavy (non-hydrogen) atoms. The van der Waals surface area contributed by atoms with Gasteiger partial charge in [0.15, 0.2) is 0 Å². The molecular formula is C17H21N3O2. The average molecular weight is 299 g/mol. The van der Waals surface area contributed by atoms with Crippen molar-refractivity contribution in [3.63, 3.8) is 0 Å². The van der Waals surface area contributed by atoms with E-state index in [0.717, 1.165) is 16.9 Å². The molecule has 0 saturated heterocycles.